The SMILES string of the molecule is CC(C)=CCn1cnc2c(Cl)ncnc21. The number of rotatable bonds is 2. The van der Waals surface area contributed by atoms with E-state index < -0.39 is 0 Å². The van der Waals surface area contributed by atoms with Gasteiger partial charge in [-0.25, -0.2) is 15.0 Å². The number of fused-ring (bicyclic) bond motifs is 1. The molecule has 0 atom stereocenters. The number of nitrogens with zero attached hydrogens (tertiary/aromatic N) is 4. The second kappa shape index (κ2) is 3.98. The second-order valence-electron chi connectivity index (χ2n) is 3.52. The van der Waals surface area contributed by atoms with E-state index in [0.29, 0.717) is 10.7 Å². The number of halogens is 1. The number of aromatic nitrogens is 4. The summed E-state index contributed by atoms with van der Waals surface area (Å²) in [6.07, 6.45) is 5.28. The van der Waals surface area contributed by atoms with Crippen LogP contribution < -0.4 is 0 Å². The molecule has 78 valence electrons. The van der Waals surface area contributed by atoms with Crippen LogP contribution in [0.5, 0.6) is 0 Å². The van der Waals surface area contributed by atoms with Gasteiger partial charge in [0.05, 0.1) is 6.33 Å². The van der Waals surface area contributed by atoms with E-state index in [2.05, 4.69) is 34.9 Å². The third kappa shape index (κ3) is 1.99. The van der Waals surface area contributed by atoms with Gasteiger partial charge in [0.25, 0.3) is 0 Å². The van der Waals surface area contributed by atoms with Crippen molar-refractivity contribution in [1.29, 1.82) is 0 Å². The Balaban J connectivity index is 2.45. The predicted molar refractivity (Wildman–Crippen MR) is 59.8 cm³/mol. The first-order valence-corrected chi connectivity index (χ1v) is 5.01. The van der Waals surface area contributed by atoms with Crippen molar-refractivity contribution in [3.05, 3.63) is 29.5 Å². The van der Waals surface area contributed by atoms with Crippen LogP contribution in [0.1, 0.15) is 13.8 Å². The molecule has 0 amide bonds. The number of allylic oxidation sites excluding steroid dienone is 2. The molecule has 0 aromatic carbocycles. The van der Waals surface area contributed by atoms with Gasteiger partial charge >= 0.3 is 0 Å². The minimum atomic E-state index is 0.399. The summed E-state index contributed by atoms with van der Waals surface area (Å²) in [5, 5.41) is 0.399. The molecule has 5 heteroatoms. The second-order valence-corrected chi connectivity index (χ2v) is 3.87. The molecule has 0 saturated heterocycles. The largest absolute Gasteiger partial charge is 0.311 e. The van der Waals surface area contributed by atoms with Crippen LogP contribution in [0.25, 0.3) is 11.2 Å². The summed E-state index contributed by atoms with van der Waals surface area (Å²) < 4.78 is 1.94. The minimum Gasteiger partial charge on any atom is -0.311 e. The molecular weight excluding hydrogens is 212 g/mol. The van der Waals surface area contributed by atoms with Gasteiger partial charge in [-0.3, -0.25) is 0 Å². The van der Waals surface area contributed by atoms with Crippen molar-refractivity contribution in [2.24, 2.45) is 0 Å². The highest BCUT2D eigenvalue weighted by Gasteiger charge is 2.06. The molecule has 0 saturated carbocycles. The van der Waals surface area contributed by atoms with Gasteiger partial charge in [0.1, 0.15) is 11.8 Å². The van der Waals surface area contributed by atoms with Gasteiger partial charge in [-0.2, -0.15) is 0 Å². The van der Waals surface area contributed by atoms with Gasteiger partial charge in [0.15, 0.2) is 10.8 Å². The normalized spacial score (nSPS) is 10.6. The smallest absolute Gasteiger partial charge is 0.165 e. The van der Waals surface area contributed by atoms with Crippen molar-refractivity contribution < 1.29 is 0 Å². The lowest BCUT2D eigenvalue weighted by molar-refractivity contribution is 0.830. The van der Waals surface area contributed by atoms with E-state index in [-0.39, 0.29) is 0 Å². The van der Waals surface area contributed by atoms with E-state index in [0.717, 1.165) is 12.2 Å². The molecule has 0 aliphatic heterocycles. The van der Waals surface area contributed by atoms with Crippen LogP contribution in [0.2, 0.25) is 5.15 Å². The first kappa shape index (κ1) is 10.1. The molecule has 4 nitrogen and oxygen atoms in total. The van der Waals surface area contributed by atoms with E-state index in [1.807, 2.05) is 4.57 Å². The van der Waals surface area contributed by atoms with Crippen molar-refractivity contribution in [2.75, 3.05) is 0 Å². The monoisotopic (exact) mass is 222 g/mol. The van der Waals surface area contributed by atoms with E-state index in [1.165, 1.54) is 11.9 Å². The minimum absolute atomic E-state index is 0.399. The Hall–Kier alpha value is -1.42. The standard InChI is InChI=1S/C10H11ClN4/c1-7(2)3-4-15-6-14-8-9(11)12-5-13-10(8)15/h3,5-6H,4H2,1-2H3. The summed E-state index contributed by atoms with van der Waals surface area (Å²) in [5.74, 6) is 0. The molecule has 2 aromatic rings. The molecule has 2 rings (SSSR count). The first-order chi connectivity index (χ1) is 7.18. The maximum absolute atomic E-state index is 5.89. The van der Waals surface area contributed by atoms with Gasteiger partial charge < -0.3 is 4.57 Å². The maximum atomic E-state index is 5.89. The molecule has 0 N–H and O–H groups in total. The van der Waals surface area contributed by atoms with Crippen LogP contribution in [0, 0.1) is 0 Å². The lowest BCUT2D eigenvalue weighted by atomic mass is 10.3. The fourth-order valence-corrected chi connectivity index (χ4v) is 1.44. The predicted octanol–water partition coefficient (Wildman–Crippen LogP) is 2.45. The average Bonchev–Trinajstić information content (AvgIpc) is 2.59. The van der Waals surface area contributed by atoms with Gasteiger partial charge in [-0.1, -0.05) is 23.3 Å². The Morgan fingerprint density at radius 2 is 2.20 bits per heavy atom. The van der Waals surface area contributed by atoms with Gasteiger partial charge in [0.2, 0.25) is 0 Å². The summed E-state index contributed by atoms with van der Waals surface area (Å²) >= 11 is 5.89. The molecule has 0 fully saturated rings. The Labute approximate surface area is 92.6 Å². The van der Waals surface area contributed by atoms with Crippen LogP contribution in [0.3, 0.4) is 0 Å². The number of hydrogen-bond donors (Lipinski definition) is 0. The molecule has 0 radical (unpaired) electrons. The summed E-state index contributed by atoms with van der Waals surface area (Å²) in [6.45, 7) is 4.87. The van der Waals surface area contributed by atoms with Gasteiger partial charge in [0, 0.05) is 6.54 Å². The molecular formula is C10H11ClN4. The average molecular weight is 223 g/mol. The molecule has 15 heavy (non-hydrogen) atoms. The Bertz CT molecular complexity index is 511. The molecule has 2 heterocycles. The highest BCUT2D eigenvalue weighted by atomic mass is 35.5. The van der Waals surface area contributed by atoms with Gasteiger partial charge in [-0.05, 0) is 13.8 Å². The van der Waals surface area contributed by atoms with Crippen molar-refractivity contribution >= 4 is 22.8 Å². The van der Waals surface area contributed by atoms with E-state index >= 15 is 0 Å². The van der Waals surface area contributed by atoms with E-state index in [9.17, 15) is 0 Å². The molecule has 0 spiro atoms. The summed E-state index contributed by atoms with van der Waals surface area (Å²) in [7, 11) is 0. The molecule has 0 bridgehead atoms. The zero-order chi connectivity index (χ0) is 10.8. The van der Waals surface area contributed by atoms with Gasteiger partial charge in [-0.15, -0.1) is 0 Å². The molecule has 0 aliphatic carbocycles. The van der Waals surface area contributed by atoms with Crippen molar-refractivity contribution in [3.63, 3.8) is 0 Å². The van der Waals surface area contributed by atoms with E-state index in [4.69, 9.17) is 11.6 Å². The zero-order valence-corrected chi connectivity index (χ0v) is 9.36. The van der Waals surface area contributed by atoms with Crippen LogP contribution in [0.4, 0.5) is 0 Å². The third-order valence-electron chi connectivity index (χ3n) is 2.05. The highest BCUT2D eigenvalue weighted by Crippen LogP contribution is 2.16. The quantitative estimate of drug-likeness (QED) is 0.579. The van der Waals surface area contributed by atoms with Crippen LogP contribution in [0.15, 0.2) is 24.3 Å². The lowest BCUT2D eigenvalue weighted by Gasteiger charge is -1.99. The third-order valence-corrected chi connectivity index (χ3v) is 2.33. The fourth-order valence-electron chi connectivity index (χ4n) is 1.27. The molecule has 2 aromatic heterocycles. The molecule has 0 aliphatic rings. The highest BCUT2D eigenvalue weighted by molar-refractivity contribution is 6.33. The Morgan fingerprint density at radius 1 is 1.40 bits per heavy atom. The number of hydrogen-bond acceptors (Lipinski definition) is 3. The van der Waals surface area contributed by atoms with Crippen LogP contribution in [-0.4, -0.2) is 19.5 Å². The Kier molecular flexibility index (Phi) is 2.68. The van der Waals surface area contributed by atoms with Crippen molar-refractivity contribution in [3.8, 4) is 0 Å². The van der Waals surface area contributed by atoms with E-state index in [1.54, 1.807) is 6.33 Å². The van der Waals surface area contributed by atoms with Crippen molar-refractivity contribution in [1.82, 2.24) is 19.5 Å². The maximum Gasteiger partial charge on any atom is 0.165 e. The Morgan fingerprint density at radius 3 is 2.93 bits per heavy atom. The molecule has 0 unspecified atom stereocenters. The summed E-state index contributed by atoms with van der Waals surface area (Å²) in [4.78, 5) is 12.2. The summed E-state index contributed by atoms with van der Waals surface area (Å²) in [6, 6.07) is 0. The van der Waals surface area contributed by atoms with Crippen molar-refractivity contribution in [2.45, 2.75) is 20.4 Å². The lowest BCUT2D eigenvalue weighted by Crippen LogP contribution is -1.95. The fraction of sp³-hybridized carbons (Fsp3) is 0.300. The van der Waals surface area contributed by atoms with Crippen LogP contribution in [-0.2, 0) is 6.54 Å². The zero-order valence-electron chi connectivity index (χ0n) is 8.61. The summed E-state index contributed by atoms with van der Waals surface area (Å²) in [5.41, 5.74) is 2.69. The first-order valence-electron chi connectivity index (χ1n) is 4.63. The van der Waals surface area contributed by atoms with Crippen LogP contribution >= 0.6 is 11.6 Å². The topological polar surface area (TPSA) is 43.6 Å². The number of imidazole rings is 1.